The third-order valence-corrected chi connectivity index (χ3v) is 3.72. The minimum absolute atomic E-state index is 0.0244. The predicted octanol–water partition coefficient (Wildman–Crippen LogP) is 4.13. The molecular formula is C20H17NO2. The van der Waals surface area contributed by atoms with E-state index in [1.807, 2.05) is 36.4 Å². The molecule has 0 aliphatic heterocycles. The Morgan fingerprint density at radius 2 is 1.91 bits per heavy atom. The van der Waals surface area contributed by atoms with Gasteiger partial charge in [-0.05, 0) is 36.3 Å². The molecule has 0 aliphatic carbocycles. The van der Waals surface area contributed by atoms with E-state index >= 15 is 0 Å². The van der Waals surface area contributed by atoms with Crippen LogP contribution in [0.25, 0.3) is 23.1 Å². The molecule has 0 atom stereocenters. The number of benzene rings is 2. The third kappa shape index (κ3) is 3.09. The first-order valence-corrected chi connectivity index (χ1v) is 7.41. The van der Waals surface area contributed by atoms with Crippen molar-refractivity contribution in [1.82, 2.24) is 4.98 Å². The molecular weight excluding hydrogens is 286 g/mol. The Morgan fingerprint density at radius 1 is 1.09 bits per heavy atom. The van der Waals surface area contributed by atoms with Crippen molar-refractivity contribution >= 4 is 23.1 Å². The summed E-state index contributed by atoms with van der Waals surface area (Å²) in [6, 6.07) is 14.5. The van der Waals surface area contributed by atoms with Crippen LogP contribution in [0.1, 0.15) is 16.8 Å². The smallest absolute Gasteiger partial charge is 0.189 e. The van der Waals surface area contributed by atoms with Crippen LogP contribution in [0.15, 0.2) is 66.0 Å². The molecule has 3 rings (SSSR count). The molecule has 3 heteroatoms. The van der Waals surface area contributed by atoms with Gasteiger partial charge in [0.05, 0.1) is 0 Å². The molecule has 2 aromatic carbocycles. The van der Waals surface area contributed by atoms with Crippen LogP contribution in [-0.2, 0) is 6.42 Å². The first-order chi connectivity index (χ1) is 11.2. The molecule has 0 fully saturated rings. The van der Waals surface area contributed by atoms with Crippen molar-refractivity contribution in [2.75, 3.05) is 0 Å². The highest BCUT2D eigenvalue weighted by molar-refractivity contribution is 5.81. The van der Waals surface area contributed by atoms with Crippen LogP contribution < -0.4 is 5.43 Å². The number of hydrogen-bond donors (Lipinski definition) is 2. The second kappa shape index (κ2) is 6.36. The monoisotopic (exact) mass is 303 g/mol. The van der Waals surface area contributed by atoms with Gasteiger partial charge in [0.2, 0.25) is 0 Å². The Bertz CT molecular complexity index is 951. The topological polar surface area (TPSA) is 53.1 Å². The molecule has 2 N–H and O–H groups in total. The number of aromatic nitrogens is 1. The van der Waals surface area contributed by atoms with Crippen molar-refractivity contribution in [3.8, 4) is 5.75 Å². The summed E-state index contributed by atoms with van der Waals surface area (Å²) in [6.07, 6.45) is 5.95. The Labute approximate surface area is 134 Å². The van der Waals surface area contributed by atoms with Gasteiger partial charge in [0, 0.05) is 28.2 Å². The SMILES string of the molecule is C=CCc1cccc(C=Cc2cc(=O)c3ccccc3[nH]2)c1O. The minimum Gasteiger partial charge on any atom is -0.507 e. The van der Waals surface area contributed by atoms with Crippen LogP contribution in [0.3, 0.4) is 0 Å². The molecule has 1 aromatic heterocycles. The Balaban J connectivity index is 1.99. The molecule has 114 valence electrons. The zero-order valence-electron chi connectivity index (χ0n) is 12.6. The highest BCUT2D eigenvalue weighted by Gasteiger charge is 2.04. The van der Waals surface area contributed by atoms with Gasteiger partial charge in [0.15, 0.2) is 5.43 Å². The number of pyridine rings is 1. The van der Waals surface area contributed by atoms with E-state index in [2.05, 4.69) is 11.6 Å². The van der Waals surface area contributed by atoms with Crippen LogP contribution in [0.4, 0.5) is 0 Å². The van der Waals surface area contributed by atoms with Crippen molar-refractivity contribution in [2.24, 2.45) is 0 Å². The summed E-state index contributed by atoms with van der Waals surface area (Å²) < 4.78 is 0. The number of phenols is 1. The number of phenolic OH excluding ortho intramolecular Hbond substituents is 1. The number of aromatic hydroxyl groups is 1. The predicted molar refractivity (Wildman–Crippen MR) is 95.5 cm³/mol. The number of fused-ring (bicyclic) bond motifs is 1. The van der Waals surface area contributed by atoms with E-state index in [4.69, 9.17) is 0 Å². The lowest BCUT2D eigenvalue weighted by molar-refractivity contribution is 0.468. The van der Waals surface area contributed by atoms with E-state index < -0.39 is 0 Å². The largest absolute Gasteiger partial charge is 0.507 e. The Kier molecular flexibility index (Phi) is 4.11. The fraction of sp³-hybridized carbons (Fsp3) is 0.0500. The van der Waals surface area contributed by atoms with Crippen LogP contribution in [0.2, 0.25) is 0 Å². The Morgan fingerprint density at radius 3 is 2.74 bits per heavy atom. The number of H-pyrrole nitrogens is 1. The van der Waals surface area contributed by atoms with Crippen LogP contribution in [0.5, 0.6) is 5.75 Å². The summed E-state index contributed by atoms with van der Waals surface area (Å²) in [4.78, 5) is 15.3. The van der Waals surface area contributed by atoms with E-state index in [1.54, 1.807) is 30.4 Å². The fourth-order valence-corrected chi connectivity index (χ4v) is 2.55. The highest BCUT2D eigenvalue weighted by Crippen LogP contribution is 2.25. The molecule has 0 saturated heterocycles. The van der Waals surface area contributed by atoms with Gasteiger partial charge in [-0.3, -0.25) is 4.79 Å². The molecule has 3 aromatic rings. The lowest BCUT2D eigenvalue weighted by Crippen LogP contribution is -2.02. The van der Waals surface area contributed by atoms with E-state index in [9.17, 15) is 9.90 Å². The molecule has 3 nitrogen and oxygen atoms in total. The van der Waals surface area contributed by atoms with Gasteiger partial charge < -0.3 is 10.1 Å². The maximum Gasteiger partial charge on any atom is 0.189 e. The summed E-state index contributed by atoms with van der Waals surface area (Å²) in [5, 5.41) is 10.9. The number of allylic oxidation sites excluding steroid dienone is 1. The first kappa shape index (κ1) is 14.9. The molecule has 0 unspecified atom stereocenters. The summed E-state index contributed by atoms with van der Waals surface area (Å²) >= 11 is 0. The minimum atomic E-state index is -0.0244. The van der Waals surface area contributed by atoms with Crippen molar-refractivity contribution in [3.63, 3.8) is 0 Å². The molecule has 23 heavy (non-hydrogen) atoms. The number of nitrogens with one attached hydrogen (secondary N) is 1. The van der Waals surface area contributed by atoms with E-state index in [0.29, 0.717) is 23.1 Å². The number of aromatic amines is 1. The van der Waals surface area contributed by atoms with E-state index in [1.165, 1.54) is 0 Å². The van der Waals surface area contributed by atoms with Gasteiger partial charge in [-0.1, -0.05) is 36.4 Å². The van der Waals surface area contributed by atoms with E-state index in [-0.39, 0.29) is 11.2 Å². The average molecular weight is 303 g/mol. The molecule has 0 aliphatic rings. The van der Waals surface area contributed by atoms with Gasteiger partial charge in [-0.2, -0.15) is 0 Å². The molecule has 0 radical (unpaired) electrons. The number of rotatable bonds is 4. The maximum atomic E-state index is 12.1. The molecule has 0 spiro atoms. The summed E-state index contributed by atoms with van der Waals surface area (Å²) in [5.74, 6) is 0.242. The van der Waals surface area contributed by atoms with Crippen molar-refractivity contribution < 1.29 is 5.11 Å². The van der Waals surface area contributed by atoms with Crippen molar-refractivity contribution in [3.05, 3.63) is 88.2 Å². The normalized spacial score (nSPS) is 11.1. The van der Waals surface area contributed by atoms with Gasteiger partial charge >= 0.3 is 0 Å². The maximum absolute atomic E-state index is 12.1. The van der Waals surface area contributed by atoms with Crippen molar-refractivity contribution in [2.45, 2.75) is 6.42 Å². The molecule has 0 saturated carbocycles. The molecule has 0 bridgehead atoms. The van der Waals surface area contributed by atoms with Gasteiger partial charge in [0.1, 0.15) is 5.75 Å². The van der Waals surface area contributed by atoms with Crippen LogP contribution >= 0.6 is 0 Å². The van der Waals surface area contributed by atoms with E-state index in [0.717, 1.165) is 11.1 Å². The summed E-state index contributed by atoms with van der Waals surface area (Å²) in [7, 11) is 0. The summed E-state index contributed by atoms with van der Waals surface area (Å²) in [5.41, 5.74) is 3.00. The van der Waals surface area contributed by atoms with Gasteiger partial charge in [0.25, 0.3) is 0 Å². The van der Waals surface area contributed by atoms with Gasteiger partial charge in [-0.25, -0.2) is 0 Å². The zero-order valence-corrected chi connectivity index (χ0v) is 12.6. The van der Waals surface area contributed by atoms with Gasteiger partial charge in [-0.15, -0.1) is 6.58 Å². The fourth-order valence-electron chi connectivity index (χ4n) is 2.55. The summed E-state index contributed by atoms with van der Waals surface area (Å²) in [6.45, 7) is 3.69. The highest BCUT2D eigenvalue weighted by atomic mass is 16.3. The quantitative estimate of drug-likeness (QED) is 0.712. The van der Waals surface area contributed by atoms with Crippen molar-refractivity contribution in [1.29, 1.82) is 0 Å². The third-order valence-electron chi connectivity index (χ3n) is 3.72. The molecule has 1 heterocycles. The second-order valence-electron chi connectivity index (χ2n) is 5.32. The molecule has 0 amide bonds. The van der Waals surface area contributed by atoms with Crippen LogP contribution in [0, 0.1) is 0 Å². The zero-order chi connectivity index (χ0) is 16.2. The first-order valence-electron chi connectivity index (χ1n) is 7.41. The number of para-hydroxylation sites is 2. The Hall–Kier alpha value is -3.07. The lowest BCUT2D eigenvalue weighted by Gasteiger charge is -2.05. The lowest BCUT2D eigenvalue weighted by atomic mass is 10.1. The average Bonchev–Trinajstić information content (AvgIpc) is 2.56. The second-order valence-corrected chi connectivity index (χ2v) is 5.32. The number of hydrogen-bond acceptors (Lipinski definition) is 2. The van der Waals surface area contributed by atoms with Crippen LogP contribution in [-0.4, -0.2) is 10.1 Å². The standard InChI is InChI=1S/C20H17NO2/c1-2-6-14-7-5-8-15(20(14)23)11-12-16-13-19(22)17-9-3-4-10-18(17)21-16/h2-5,7-13,23H,1,6H2,(H,21,22).